The summed E-state index contributed by atoms with van der Waals surface area (Å²) in [4.78, 5) is 0. The Morgan fingerprint density at radius 1 is 1.19 bits per heavy atom. The zero-order chi connectivity index (χ0) is 11.4. The van der Waals surface area contributed by atoms with E-state index in [-0.39, 0.29) is 6.04 Å². The third-order valence-electron chi connectivity index (χ3n) is 2.37. The molecule has 0 aliphatic heterocycles. The average Bonchev–Trinajstić information content (AvgIpc) is 2.33. The lowest BCUT2D eigenvalue weighted by Gasteiger charge is -2.11. The van der Waals surface area contributed by atoms with Crippen molar-refractivity contribution in [3.05, 3.63) is 58.9 Å². The van der Waals surface area contributed by atoms with Crippen LogP contribution < -0.4 is 5.73 Å². The Morgan fingerprint density at radius 2 is 2.00 bits per heavy atom. The molecule has 16 heavy (non-hydrogen) atoms. The van der Waals surface area contributed by atoms with E-state index < -0.39 is 0 Å². The zero-order valence-corrected chi connectivity index (χ0v) is 9.43. The van der Waals surface area contributed by atoms with E-state index in [2.05, 4.69) is 10.2 Å². The third-order valence-corrected chi connectivity index (χ3v) is 2.74. The van der Waals surface area contributed by atoms with Crippen LogP contribution in [0, 0.1) is 0 Å². The standard InChI is InChI=1S/C12H12ClN3/c13-10-5-2-1-4-9(10)8-11(14)12-6-3-7-15-16-12/h1-7,11H,8,14H2. The van der Waals surface area contributed by atoms with Crippen molar-refractivity contribution in [3.8, 4) is 0 Å². The molecule has 2 aromatic rings. The monoisotopic (exact) mass is 233 g/mol. The summed E-state index contributed by atoms with van der Waals surface area (Å²) in [5.74, 6) is 0. The molecule has 0 amide bonds. The van der Waals surface area contributed by atoms with Crippen molar-refractivity contribution in [2.75, 3.05) is 0 Å². The normalized spacial score (nSPS) is 12.4. The highest BCUT2D eigenvalue weighted by Gasteiger charge is 2.10. The highest BCUT2D eigenvalue weighted by Crippen LogP contribution is 2.20. The lowest BCUT2D eigenvalue weighted by molar-refractivity contribution is 0.679. The molecule has 1 atom stereocenters. The van der Waals surface area contributed by atoms with Gasteiger partial charge >= 0.3 is 0 Å². The second-order valence-corrected chi connectivity index (χ2v) is 3.96. The SMILES string of the molecule is NC(Cc1ccccc1Cl)c1cccnn1. The maximum Gasteiger partial charge on any atom is 0.0801 e. The molecule has 0 bridgehead atoms. The smallest absolute Gasteiger partial charge is 0.0801 e. The van der Waals surface area contributed by atoms with Crippen LogP contribution in [0.4, 0.5) is 0 Å². The predicted molar refractivity (Wildman–Crippen MR) is 64.1 cm³/mol. The lowest BCUT2D eigenvalue weighted by Crippen LogP contribution is -2.15. The quantitative estimate of drug-likeness (QED) is 0.886. The summed E-state index contributed by atoms with van der Waals surface area (Å²) in [7, 11) is 0. The first-order valence-corrected chi connectivity index (χ1v) is 5.42. The van der Waals surface area contributed by atoms with Gasteiger partial charge in [-0.25, -0.2) is 0 Å². The van der Waals surface area contributed by atoms with Gasteiger partial charge in [-0.15, -0.1) is 0 Å². The predicted octanol–water partition coefficient (Wildman–Crippen LogP) is 2.37. The third kappa shape index (κ3) is 2.56. The number of hydrogen-bond donors (Lipinski definition) is 1. The van der Waals surface area contributed by atoms with Gasteiger partial charge in [0.05, 0.1) is 11.7 Å². The van der Waals surface area contributed by atoms with Gasteiger partial charge in [0.1, 0.15) is 0 Å². The van der Waals surface area contributed by atoms with Crippen molar-refractivity contribution in [1.82, 2.24) is 10.2 Å². The van der Waals surface area contributed by atoms with Crippen LogP contribution in [-0.4, -0.2) is 10.2 Å². The second kappa shape index (κ2) is 5.05. The van der Waals surface area contributed by atoms with E-state index in [1.54, 1.807) is 6.20 Å². The number of benzene rings is 1. The molecule has 0 spiro atoms. The van der Waals surface area contributed by atoms with E-state index >= 15 is 0 Å². The summed E-state index contributed by atoms with van der Waals surface area (Å²) in [5.41, 5.74) is 7.84. The number of nitrogens with zero attached hydrogens (tertiary/aromatic N) is 2. The van der Waals surface area contributed by atoms with Gasteiger partial charge in [0, 0.05) is 11.2 Å². The Hall–Kier alpha value is -1.45. The molecular formula is C12H12ClN3. The summed E-state index contributed by atoms with van der Waals surface area (Å²) >= 11 is 6.06. The van der Waals surface area contributed by atoms with Crippen molar-refractivity contribution in [2.45, 2.75) is 12.5 Å². The van der Waals surface area contributed by atoms with E-state index in [0.29, 0.717) is 6.42 Å². The van der Waals surface area contributed by atoms with Crippen LogP contribution >= 0.6 is 11.6 Å². The molecule has 3 nitrogen and oxygen atoms in total. The van der Waals surface area contributed by atoms with E-state index in [1.165, 1.54) is 0 Å². The van der Waals surface area contributed by atoms with Gasteiger partial charge in [-0.3, -0.25) is 0 Å². The minimum absolute atomic E-state index is 0.173. The van der Waals surface area contributed by atoms with Crippen molar-refractivity contribution in [2.24, 2.45) is 5.73 Å². The van der Waals surface area contributed by atoms with Gasteiger partial charge < -0.3 is 5.73 Å². The van der Waals surface area contributed by atoms with Crippen LogP contribution in [0.25, 0.3) is 0 Å². The molecular weight excluding hydrogens is 222 g/mol. The molecule has 2 N–H and O–H groups in total. The number of halogens is 1. The highest BCUT2D eigenvalue weighted by atomic mass is 35.5. The number of aromatic nitrogens is 2. The molecule has 1 aromatic heterocycles. The van der Waals surface area contributed by atoms with Crippen LogP contribution in [0.15, 0.2) is 42.6 Å². The van der Waals surface area contributed by atoms with Crippen LogP contribution in [0.2, 0.25) is 5.02 Å². The van der Waals surface area contributed by atoms with Crippen LogP contribution in [0.3, 0.4) is 0 Å². The molecule has 0 saturated heterocycles. The van der Waals surface area contributed by atoms with E-state index in [9.17, 15) is 0 Å². The number of nitrogens with two attached hydrogens (primary N) is 1. The van der Waals surface area contributed by atoms with Crippen LogP contribution in [-0.2, 0) is 6.42 Å². The van der Waals surface area contributed by atoms with E-state index in [4.69, 9.17) is 17.3 Å². The second-order valence-electron chi connectivity index (χ2n) is 3.55. The Labute approximate surface area is 99.3 Å². The largest absolute Gasteiger partial charge is 0.322 e. The maximum absolute atomic E-state index is 6.06. The summed E-state index contributed by atoms with van der Waals surface area (Å²) in [6.45, 7) is 0. The highest BCUT2D eigenvalue weighted by molar-refractivity contribution is 6.31. The van der Waals surface area contributed by atoms with E-state index in [1.807, 2.05) is 36.4 Å². The zero-order valence-electron chi connectivity index (χ0n) is 8.68. The molecule has 0 aliphatic carbocycles. The Morgan fingerprint density at radius 3 is 2.69 bits per heavy atom. The summed E-state index contributed by atoms with van der Waals surface area (Å²) < 4.78 is 0. The fraction of sp³-hybridized carbons (Fsp3) is 0.167. The Kier molecular flexibility index (Phi) is 3.49. The van der Waals surface area contributed by atoms with Crippen molar-refractivity contribution < 1.29 is 0 Å². The minimum atomic E-state index is -0.173. The Balaban J connectivity index is 2.14. The van der Waals surface area contributed by atoms with Gasteiger partial charge in [0.2, 0.25) is 0 Å². The van der Waals surface area contributed by atoms with Gasteiger partial charge in [0.15, 0.2) is 0 Å². The van der Waals surface area contributed by atoms with Gasteiger partial charge in [0.25, 0.3) is 0 Å². The van der Waals surface area contributed by atoms with Crippen molar-refractivity contribution in [3.63, 3.8) is 0 Å². The number of rotatable bonds is 3. The molecule has 2 rings (SSSR count). The molecule has 0 radical (unpaired) electrons. The van der Waals surface area contributed by atoms with Crippen LogP contribution in [0.5, 0.6) is 0 Å². The minimum Gasteiger partial charge on any atom is -0.322 e. The molecule has 0 saturated carbocycles. The van der Waals surface area contributed by atoms with Gasteiger partial charge in [-0.05, 0) is 30.2 Å². The molecule has 82 valence electrons. The molecule has 1 aromatic carbocycles. The first-order valence-electron chi connectivity index (χ1n) is 5.04. The van der Waals surface area contributed by atoms with Crippen molar-refractivity contribution in [1.29, 1.82) is 0 Å². The maximum atomic E-state index is 6.06. The fourth-order valence-electron chi connectivity index (χ4n) is 1.52. The molecule has 4 heteroatoms. The fourth-order valence-corrected chi connectivity index (χ4v) is 1.73. The topological polar surface area (TPSA) is 51.8 Å². The summed E-state index contributed by atoms with van der Waals surface area (Å²) in [5, 5.41) is 8.53. The molecule has 0 fully saturated rings. The summed E-state index contributed by atoms with van der Waals surface area (Å²) in [6, 6.07) is 11.2. The van der Waals surface area contributed by atoms with E-state index in [0.717, 1.165) is 16.3 Å². The molecule has 1 unspecified atom stereocenters. The van der Waals surface area contributed by atoms with Crippen molar-refractivity contribution >= 4 is 11.6 Å². The molecule has 1 heterocycles. The average molecular weight is 234 g/mol. The van der Waals surface area contributed by atoms with Crippen LogP contribution in [0.1, 0.15) is 17.3 Å². The first kappa shape index (κ1) is 11.0. The number of hydrogen-bond acceptors (Lipinski definition) is 3. The van der Waals surface area contributed by atoms with Gasteiger partial charge in [-0.2, -0.15) is 10.2 Å². The molecule has 0 aliphatic rings. The van der Waals surface area contributed by atoms with Gasteiger partial charge in [-0.1, -0.05) is 29.8 Å². The Bertz CT molecular complexity index is 459. The lowest BCUT2D eigenvalue weighted by atomic mass is 10.0. The summed E-state index contributed by atoms with van der Waals surface area (Å²) in [6.07, 6.45) is 2.30. The first-order chi connectivity index (χ1) is 7.77.